The first-order valence-electron chi connectivity index (χ1n) is 13.5. The first-order valence-corrected chi connectivity index (χ1v) is 14.8. The molecule has 1 aliphatic heterocycles. The van der Waals surface area contributed by atoms with E-state index in [9.17, 15) is 32.7 Å². The minimum absolute atomic E-state index is 0.186. The lowest BCUT2D eigenvalue weighted by atomic mass is 9.70. The number of Topliss-reactive ketones (excluding diaryl/α,β-unsaturated/α-hetero) is 1. The molecule has 13 heteroatoms. The number of nitrogens with one attached hydrogen (secondary N) is 3. The Morgan fingerprint density at radius 1 is 1.00 bits per heavy atom. The molecule has 1 saturated heterocycles. The Morgan fingerprint density at radius 2 is 1.61 bits per heavy atom. The van der Waals surface area contributed by atoms with Gasteiger partial charge in [0.15, 0.2) is 0 Å². The maximum atomic E-state index is 14.0. The molecule has 3 aliphatic rings. The fraction of sp³-hybridized carbons (Fsp3) is 0.800. The summed E-state index contributed by atoms with van der Waals surface area (Å²) in [5.74, 6) is -3.21. The smallest absolute Gasteiger partial charge is 0.315 e. The summed E-state index contributed by atoms with van der Waals surface area (Å²) in [6.45, 7) is 1.74. The molecule has 2 aliphatic carbocycles. The van der Waals surface area contributed by atoms with Gasteiger partial charge >= 0.3 is 6.03 Å². The summed E-state index contributed by atoms with van der Waals surface area (Å²) in [4.78, 5) is 64.1. The molecule has 2 saturated carbocycles. The molecule has 0 aromatic carbocycles. The van der Waals surface area contributed by atoms with Gasteiger partial charge in [0.05, 0.1) is 12.1 Å². The molecule has 3 fully saturated rings. The molecule has 0 aromatic rings. The minimum Gasteiger partial charge on any atom is -0.772 e. The summed E-state index contributed by atoms with van der Waals surface area (Å²) in [6, 6.07) is -2.34. The molecule has 214 valence electrons. The van der Waals surface area contributed by atoms with E-state index < -0.39 is 64.3 Å². The monoisotopic (exact) mass is 554 g/mol. The molecule has 0 spiro atoms. The maximum Gasteiger partial charge on any atom is 0.315 e. The number of hydrogen-bond acceptors (Lipinski definition) is 7. The lowest BCUT2D eigenvalue weighted by molar-refractivity contribution is -0.143. The molecule has 0 bridgehead atoms. The highest BCUT2D eigenvalue weighted by atomic mass is 32.2. The molecular formula is C25H40N5O7S-. The number of primary amides is 1. The largest absolute Gasteiger partial charge is 0.772 e. The number of rotatable bonds is 10. The second kappa shape index (κ2) is 13.0. The van der Waals surface area contributed by atoms with Gasteiger partial charge in [-0.15, -0.1) is 0 Å². The Morgan fingerprint density at radius 3 is 2.18 bits per heavy atom. The standard InChI is InChI=1S/C25H41N5O7S/c1-24(10-4-2-5-11-24)19(28-23(35)29-25(16-38(36)37)12-6-3-7-13-25)22(34)30-14-8-9-17(30)21(33)27-15-18(31)20(26)32/h17,19H,2-16H2,1H3,(H2,26,32)(H,27,33)(H,36,37)(H2,28,29,35)/p-1/t17-,19+/m0/s1. The number of hydrogen-bond donors (Lipinski definition) is 4. The van der Waals surface area contributed by atoms with Crippen LogP contribution in [0, 0.1) is 5.41 Å². The second-order valence-electron chi connectivity index (χ2n) is 11.2. The number of nitrogens with zero attached hydrogens (tertiary/aromatic N) is 1. The van der Waals surface area contributed by atoms with Gasteiger partial charge in [0, 0.05) is 12.3 Å². The van der Waals surface area contributed by atoms with E-state index in [4.69, 9.17) is 5.73 Å². The van der Waals surface area contributed by atoms with Crippen LogP contribution in [-0.4, -0.2) is 79.7 Å². The van der Waals surface area contributed by atoms with Crippen LogP contribution in [0.2, 0.25) is 0 Å². The van der Waals surface area contributed by atoms with Gasteiger partial charge < -0.3 is 31.1 Å². The van der Waals surface area contributed by atoms with Crippen molar-refractivity contribution in [3.8, 4) is 0 Å². The summed E-state index contributed by atoms with van der Waals surface area (Å²) >= 11 is -2.34. The molecule has 5 N–H and O–H groups in total. The zero-order valence-corrected chi connectivity index (χ0v) is 22.9. The SMILES string of the molecule is CC1([C@H](NC(=O)NC2(CS(=O)[O-])CCCCC2)C(=O)N2CCC[C@H]2C(=O)NCC(=O)C(N)=O)CCCCC1. The van der Waals surface area contributed by atoms with E-state index in [-0.39, 0.29) is 11.7 Å². The molecular weight excluding hydrogens is 514 g/mol. The van der Waals surface area contributed by atoms with Gasteiger partial charge in [0.1, 0.15) is 12.1 Å². The summed E-state index contributed by atoms with van der Waals surface area (Å²) in [5.41, 5.74) is 3.53. The predicted molar refractivity (Wildman–Crippen MR) is 138 cm³/mol. The average molecular weight is 555 g/mol. The fourth-order valence-electron chi connectivity index (χ4n) is 6.19. The van der Waals surface area contributed by atoms with Crippen LogP contribution in [0.4, 0.5) is 4.79 Å². The maximum absolute atomic E-state index is 14.0. The van der Waals surface area contributed by atoms with Gasteiger partial charge in [-0.25, -0.2) is 4.79 Å². The molecule has 3 rings (SSSR count). The van der Waals surface area contributed by atoms with E-state index in [2.05, 4.69) is 16.0 Å². The van der Waals surface area contributed by atoms with Crippen molar-refractivity contribution in [3.63, 3.8) is 0 Å². The molecule has 5 amide bonds. The van der Waals surface area contributed by atoms with Gasteiger partial charge in [-0.05, 0) is 43.9 Å². The normalized spacial score (nSPS) is 24.1. The third-order valence-electron chi connectivity index (χ3n) is 8.34. The van der Waals surface area contributed by atoms with Crippen molar-refractivity contribution in [2.24, 2.45) is 11.1 Å². The molecule has 12 nitrogen and oxygen atoms in total. The molecule has 3 atom stereocenters. The summed E-state index contributed by atoms with van der Waals surface area (Å²) in [7, 11) is 0. The van der Waals surface area contributed by atoms with E-state index in [0.717, 1.165) is 51.4 Å². The van der Waals surface area contributed by atoms with Gasteiger partial charge in [0.2, 0.25) is 17.6 Å². The lowest BCUT2D eigenvalue weighted by Gasteiger charge is -2.43. The van der Waals surface area contributed by atoms with Crippen LogP contribution in [-0.2, 0) is 30.3 Å². The quantitative estimate of drug-likeness (QED) is 0.221. The predicted octanol–water partition coefficient (Wildman–Crippen LogP) is 0.368. The zero-order valence-electron chi connectivity index (χ0n) is 22.1. The van der Waals surface area contributed by atoms with E-state index in [1.165, 1.54) is 4.90 Å². The van der Waals surface area contributed by atoms with E-state index >= 15 is 0 Å². The van der Waals surface area contributed by atoms with Crippen LogP contribution in [0.15, 0.2) is 0 Å². The molecule has 1 heterocycles. The Balaban J connectivity index is 1.78. The van der Waals surface area contributed by atoms with Crippen molar-refractivity contribution in [2.75, 3.05) is 18.8 Å². The van der Waals surface area contributed by atoms with E-state index in [1.807, 2.05) is 6.92 Å². The highest BCUT2D eigenvalue weighted by Crippen LogP contribution is 2.40. The summed E-state index contributed by atoms with van der Waals surface area (Å²) in [5, 5.41) is 8.18. The number of urea groups is 1. The van der Waals surface area contributed by atoms with E-state index in [0.29, 0.717) is 32.2 Å². The highest BCUT2D eigenvalue weighted by molar-refractivity contribution is 7.79. The Kier molecular flexibility index (Phi) is 10.3. The van der Waals surface area contributed by atoms with Crippen LogP contribution in [0.3, 0.4) is 0 Å². The Labute approximate surface area is 225 Å². The number of carbonyl (C=O) groups excluding carboxylic acids is 5. The lowest BCUT2D eigenvalue weighted by Crippen LogP contribution is -2.63. The number of nitrogens with two attached hydrogens (primary N) is 1. The molecule has 38 heavy (non-hydrogen) atoms. The van der Waals surface area contributed by atoms with Crippen molar-refractivity contribution >= 4 is 40.6 Å². The van der Waals surface area contributed by atoms with E-state index in [1.54, 1.807) is 0 Å². The number of ketones is 1. The van der Waals surface area contributed by atoms with Crippen molar-refractivity contribution in [1.82, 2.24) is 20.9 Å². The van der Waals surface area contributed by atoms with Crippen LogP contribution in [0.5, 0.6) is 0 Å². The fourth-order valence-corrected chi connectivity index (χ4v) is 7.00. The topological polar surface area (TPSA) is 191 Å². The Bertz CT molecular complexity index is 946. The molecule has 0 radical (unpaired) electrons. The first kappa shape index (κ1) is 30.0. The van der Waals surface area contributed by atoms with Gasteiger partial charge in [-0.1, -0.05) is 56.5 Å². The number of amides is 5. The highest BCUT2D eigenvalue weighted by Gasteiger charge is 2.46. The van der Waals surface area contributed by atoms with Gasteiger partial charge in [-0.2, -0.15) is 0 Å². The van der Waals surface area contributed by atoms with Crippen molar-refractivity contribution < 1.29 is 32.7 Å². The van der Waals surface area contributed by atoms with Crippen LogP contribution >= 0.6 is 0 Å². The Hall–Kier alpha value is -2.54. The first-order chi connectivity index (χ1) is 18.0. The van der Waals surface area contributed by atoms with Gasteiger partial charge in [0.25, 0.3) is 5.91 Å². The number of likely N-dealkylation sites (tertiary alicyclic amines) is 1. The summed E-state index contributed by atoms with van der Waals surface area (Å²) < 4.78 is 23.1. The van der Waals surface area contributed by atoms with Crippen molar-refractivity contribution in [1.29, 1.82) is 0 Å². The third kappa shape index (κ3) is 7.52. The third-order valence-corrected chi connectivity index (χ3v) is 9.12. The van der Waals surface area contributed by atoms with Crippen molar-refractivity contribution in [2.45, 2.75) is 102 Å². The van der Waals surface area contributed by atoms with Crippen LogP contribution in [0.25, 0.3) is 0 Å². The molecule has 1 unspecified atom stereocenters. The van der Waals surface area contributed by atoms with Crippen LogP contribution in [0.1, 0.15) is 84.0 Å². The minimum atomic E-state index is -2.34. The second-order valence-corrected chi connectivity index (χ2v) is 12.1. The number of carbonyl (C=O) groups is 5. The van der Waals surface area contributed by atoms with Crippen molar-refractivity contribution in [3.05, 3.63) is 0 Å². The zero-order chi connectivity index (χ0) is 27.9. The molecule has 0 aromatic heterocycles. The van der Waals surface area contributed by atoms with Crippen LogP contribution < -0.4 is 21.7 Å². The van der Waals surface area contributed by atoms with Gasteiger partial charge in [-0.3, -0.25) is 23.4 Å². The summed E-state index contributed by atoms with van der Waals surface area (Å²) in [6.07, 6.45) is 8.91. The average Bonchev–Trinajstić information content (AvgIpc) is 3.35.